The fraction of sp³-hybridized carbons (Fsp3) is 0.0588. The molecule has 1 atom stereocenters. The van der Waals surface area contributed by atoms with Gasteiger partial charge in [0.05, 0.1) is 11.0 Å². The molecule has 0 amide bonds. The molecule has 0 saturated heterocycles. The van der Waals surface area contributed by atoms with Crippen molar-refractivity contribution >= 4 is 44.1 Å². The third-order valence-corrected chi connectivity index (χ3v) is 4.76. The molecule has 2 heterocycles. The molecule has 24 heavy (non-hydrogen) atoms. The SMILES string of the molecule is N=C1C(c2nc3ccccc3[nH]2)=C(O)C(Br)N1c1cccc(O)c1. The highest BCUT2D eigenvalue weighted by Crippen LogP contribution is 2.38. The quantitative estimate of drug-likeness (QED) is 0.399. The Balaban J connectivity index is 1.80. The molecule has 7 heteroatoms. The maximum Gasteiger partial charge on any atom is 0.149 e. The normalized spacial score (nSPS) is 18.0. The number of amidine groups is 1. The highest BCUT2D eigenvalue weighted by molar-refractivity contribution is 9.09. The lowest BCUT2D eigenvalue weighted by Crippen LogP contribution is -2.31. The summed E-state index contributed by atoms with van der Waals surface area (Å²) in [4.78, 5) is 8.58. The number of anilines is 1. The smallest absolute Gasteiger partial charge is 0.149 e. The number of para-hydroxylation sites is 2. The van der Waals surface area contributed by atoms with Crippen LogP contribution in [-0.2, 0) is 0 Å². The van der Waals surface area contributed by atoms with Crippen LogP contribution in [0.15, 0.2) is 54.3 Å². The van der Waals surface area contributed by atoms with Crippen LogP contribution in [0.1, 0.15) is 5.82 Å². The standard InChI is InChI=1S/C17H13BrN4O2/c18-15-14(24)13(17-20-11-6-1-2-7-12(11)21-17)16(19)22(15)9-4-3-5-10(23)8-9/h1-8,15,19,23-24H,(H,20,21). The maximum absolute atomic E-state index is 10.5. The Morgan fingerprint density at radius 3 is 2.67 bits per heavy atom. The Morgan fingerprint density at radius 2 is 1.92 bits per heavy atom. The molecule has 4 N–H and O–H groups in total. The van der Waals surface area contributed by atoms with E-state index in [-0.39, 0.29) is 17.3 Å². The van der Waals surface area contributed by atoms with Crippen LogP contribution in [0.2, 0.25) is 0 Å². The van der Waals surface area contributed by atoms with Gasteiger partial charge in [-0.3, -0.25) is 5.41 Å². The molecule has 0 spiro atoms. The zero-order chi connectivity index (χ0) is 16.8. The molecule has 0 aliphatic carbocycles. The summed E-state index contributed by atoms with van der Waals surface area (Å²) in [6, 6.07) is 14.1. The average Bonchev–Trinajstić information content (AvgIpc) is 3.07. The Kier molecular flexibility index (Phi) is 3.31. The molecular weight excluding hydrogens is 372 g/mol. The summed E-state index contributed by atoms with van der Waals surface area (Å²) in [5.41, 5.74) is 2.53. The van der Waals surface area contributed by atoms with E-state index in [4.69, 9.17) is 5.41 Å². The summed E-state index contributed by atoms with van der Waals surface area (Å²) in [7, 11) is 0. The second-order valence-corrected chi connectivity index (χ2v) is 6.30. The van der Waals surface area contributed by atoms with Crippen molar-refractivity contribution in [3.63, 3.8) is 0 Å². The zero-order valence-electron chi connectivity index (χ0n) is 12.4. The predicted octanol–water partition coefficient (Wildman–Crippen LogP) is 3.76. The highest BCUT2D eigenvalue weighted by Gasteiger charge is 2.38. The number of aliphatic hydroxyl groups is 1. The number of fused-ring (bicyclic) bond motifs is 1. The minimum Gasteiger partial charge on any atom is -0.508 e. The van der Waals surface area contributed by atoms with Gasteiger partial charge in [0.15, 0.2) is 0 Å². The highest BCUT2D eigenvalue weighted by atomic mass is 79.9. The lowest BCUT2D eigenvalue weighted by atomic mass is 10.2. The number of benzene rings is 2. The van der Waals surface area contributed by atoms with Crippen LogP contribution in [0.25, 0.3) is 16.6 Å². The van der Waals surface area contributed by atoms with Gasteiger partial charge in [-0.1, -0.05) is 34.1 Å². The van der Waals surface area contributed by atoms with Crippen molar-refractivity contribution in [3.05, 3.63) is 60.1 Å². The maximum atomic E-state index is 10.5. The average molecular weight is 385 g/mol. The molecule has 4 rings (SSSR count). The van der Waals surface area contributed by atoms with Gasteiger partial charge in [-0.25, -0.2) is 4.98 Å². The van der Waals surface area contributed by atoms with E-state index in [0.29, 0.717) is 17.1 Å². The number of nitrogens with one attached hydrogen (secondary N) is 2. The molecule has 0 saturated carbocycles. The number of rotatable bonds is 2. The van der Waals surface area contributed by atoms with Crippen LogP contribution in [0, 0.1) is 5.41 Å². The first-order valence-electron chi connectivity index (χ1n) is 7.26. The van der Waals surface area contributed by atoms with Crippen LogP contribution in [0.5, 0.6) is 5.75 Å². The topological polar surface area (TPSA) is 96.2 Å². The molecule has 1 unspecified atom stereocenters. The Bertz CT molecular complexity index is 962. The number of aromatic nitrogens is 2. The molecule has 2 aromatic carbocycles. The minimum absolute atomic E-state index is 0.00222. The second-order valence-electron chi connectivity index (χ2n) is 5.44. The predicted molar refractivity (Wildman–Crippen MR) is 96.7 cm³/mol. The molecule has 6 nitrogen and oxygen atoms in total. The van der Waals surface area contributed by atoms with Gasteiger partial charge >= 0.3 is 0 Å². The third kappa shape index (κ3) is 2.16. The fourth-order valence-corrected chi connectivity index (χ4v) is 3.47. The van der Waals surface area contributed by atoms with E-state index in [9.17, 15) is 10.2 Å². The van der Waals surface area contributed by atoms with Crippen molar-refractivity contribution < 1.29 is 10.2 Å². The van der Waals surface area contributed by atoms with Gasteiger partial charge < -0.3 is 20.1 Å². The van der Waals surface area contributed by atoms with Gasteiger partial charge in [0.2, 0.25) is 0 Å². The van der Waals surface area contributed by atoms with Crippen molar-refractivity contribution in [2.75, 3.05) is 4.90 Å². The zero-order valence-corrected chi connectivity index (χ0v) is 13.9. The summed E-state index contributed by atoms with van der Waals surface area (Å²) in [6.07, 6.45) is 0. The van der Waals surface area contributed by atoms with Gasteiger partial charge in [0, 0.05) is 11.8 Å². The number of imidazole rings is 1. The van der Waals surface area contributed by atoms with E-state index in [0.717, 1.165) is 11.0 Å². The number of phenols is 1. The first kappa shape index (κ1) is 14.8. The molecule has 0 bridgehead atoms. The second kappa shape index (κ2) is 5.38. The molecule has 1 aromatic heterocycles. The number of H-pyrrole nitrogens is 1. The Labute approximate surface area is 145 Å². The Morgan fingerprint density at radius 1 is 1.12 bits per heavy atom. The van der Waals surface area contributed by atoms with Gasteiger partial charge in [0.25, 0.3) is 0 Å². The van der Waals surface area contributed by atoms with Crippen molar-refractivity contribution in [2.24, 2.45) is 0 Å². The van der Waals surface area contributed by atoms with E-state index in [1.165, 1.54) is 6.07 Å². The van der Waals surface area contributed by atoms with Crippen molar-refractivity contribution in [1.82, 2.24) is 9.97 Å². The van der Waals surface area contributed by atoms with E-state index in [2.05, 4.69) is 25.9 Å². The van der Waals surface area contributed by atoms with Crippen LogP contribution < -0.4 is 4.90 Å². The summed E-state index contributed by atoms with van der Waals surface area (Å²) < 4.78 is 0. The van der Waals surface area contributed by atoms with E-state index < -0.39 is 4.95 Å². The third-order valence-electron chi connectivity index (χ3n) is 3.92. The molecule has 0 radical (unpaired) electrons. The van der Waals surface area contributed by atoms with Crippen LogP contribution in [0.3, 0.4) is 0 Å². The lowest BCUT2D eigenvalue weighted by molar-refractivity contribution is 0.405. The number of hydrogen-bond donors (Lipinski definition) is 4. The van der Waals surface area contributed by atoms with Gasteiger partial charge in [-0.15, -0.1) is 0 Å². The van der Waals surface area contributed by atoms with Crippen LogP contribution in [-0.4, -0.2) is 31.0 Å². The number of aromatic amines is 1. The Hall–Kier alpha value is -2.80. The number of nitrogens with zero attached hydrogens (tertiary/aromatic N) is 2. The van der Waals surface area contributed by atoms with Crippen LogP contribution >= 0.6 is 15.9 Å². The number of aromatic hydroxyl groups is 1. The summed E-state index contributed by atoms with van der Waals surface area (Å²) in [5, 5.41) is 28.7. The lowest BCUT2D eigenvalue weighted by Gasteiger charge is -2.23. The number of halogens is 1. The molecule has 120 valence electrons. The number of hydrogen-bond acceptors (Lipinski definition) is 4. The molecule has 0 fully saturated rings. The van der Waals surface area contributed by atoms with Gasteiger partial charge in [-0.05, 0) is 24.3 Å². The number of aliphatic hydroxyl groups excluding tert-OH is 1. The molecule has 1 aliphatic rings. The molecular formula is C17H13BrN4O2. The largest absolute Gasteiger partial charge is 0.508 e. The minimum atomic E-state index is -0.602. The fourth-order valence-electron chi connectivity index (χ4n) is 2.80. The van der Waals surface area contributed by atoms with Crippen molar-refractivity contribution in [2.45, 2.75) is 4.95 Å². The first-order valence-corrected chi connectivity index (χ1v) is 8.17. The van der Waals surface area contributed by atoms with E-state index >= 15 is 0 Å². The number of phenolic OH excluding ortho intramolecular Hbond substituents is 1. The van der Waals surface area contributed by atoms with Crippen molar-refractivity contribution in [3.8, 4) is 5.75 Å². The molecule has 1 aliphatic heterocycles. The molecule has 3 aromatic rings. The monoisotopic (exact) mass is 384 g/mol. The van der Waals surface area contributed by atoms with Crippen LogP contribution in [0.4, 0.5) is 5.69 Å². The summed E-state index contributed by atoms with van der Waals surface area (Å²) in [5.74, 6) is 0.629. The van der Waals surface area contributed by atoms with E-state index in [1.807, 2.05) is 24.3 Å². The van der Waals surface area contributed by atoms with Crippen molar-refractivity contribution in [1.29, 1.82) is 5.41 Å². The van der Waals surface area contributed by atoms with Gasteiger partial charge in [0.1, 0.15) is 33.7 Å². The number of alkyl halides is 1. The summed E-state index contributed by atoms with van der Waals surface area (Å²) >= 11 is 3.41. The first-order chi connectivity index (χ1) is 11.6. The van der Waals surface area contributed by atoms with Gasteiger partial charge in [-0.2, -0.15) is 0 Å². The van der Waals surface area contributed by atoms with E-state index in [1.54, 1.807) is 23.1 Å². The summed E-state index contributed by atoms with van der Waals surface area (Å²) in [6.45, 7) is 0.